The van der Waals surface area contributed by atoms with Gasteiger partial charge < -0.3 is 5.73 Å². The van der Waals surface area contributed by atoms with Crippen LogP contribution >= 0.6 is 0 Å². The van der Waals surface area contributed by atoms with Gasteiger partial charge in [-0.3, -0.25) is 4.68 Å². The summed E-state index contributed by atoms with van der Waals surface area (Å²) in [5.41, 5.74) is 9.43. The first kappa shape index (κ1) is 15.2. The highest BCUT2D eigenvalue weighted by molar-refractivity contribution is 7.89. The zero-order chi connectivity index (χ0) is 16.1. The minimum Gasteiger partial charge on any atom is -0.323 e. The maximum Gasteiger partial charge on any atom is 0.244 e. The number of fused-ring (bicyclic) bond motifs is 1. The Morgan fingerprint density at radius 3 is 2.59 bits per heavy atom. The van der Waals surface area contributed by atoms with Gasteiger partial charge in [-0.2, -0.15) is 5.10 Å². The fourth-order valence-corrected chi connectivity index (χ4v) is 4.84. The number of nitrogens with two attached hydrogens (primary N) is 1. The van der Waals surface area contributed by atoms with Gasteiger partial charge in [-0.25, -0.2) is 13.1 Å². The van der Waals surface area contributed by atoms with Gasteiger partial charge >= 0.3 is 0 Å². The van der Waals surface area contributed by atoms with Gasteiger partial charge in [0.15, 0.2) is 0 Å². The van der Waals surface area contributed by atoms with Crippen LogP contribution in [0.5, 0.6) is 0 Å². The largest absolute Gasteiger partial charge is 0.323 e. The summed E-state index contributed by atoms with van der Waals surface area (Å²) in [7, 11) is -1.91. The van der Waals surface area contributed by atoms with E-state index in [0.717, 1.165) is 11.1 Å². The van der Waals surface area contributed by atoms with E-state index in [9.17, 15) is 8.42 Å². The van der Waals surface area contributed by atoms with E-state index in [0.29, 0.717) is 17.8 Å². The topological polar surface area (TPSA) is 90.0 Å². The van der Waals surface area contributed by atoms with Gasteiger partial charge in [0.05, 0.1) is 11.4 Å². The van der Waals surface area contributed by atoms with Gasteiger partial charge in [0.1, 0.15) is 4.90 Å². The number of nitrogens with zero attached hydrogens (tertiary/aromatic N) is 2. The standard InChI is InChI=1S/C15H20N4O2S/c1-9-15(10(2)19(3)17-9)22(20,21)18-13-8-11-6-4-5-7-12(11)14(13)16/h4-7,13-14,18H,8,16H2,1-3H3/t13-,14-/m1/s1. The van der Waals surface area contributed by atoms with Crippen LogP contribution in [0.15, 0.2) is 29.2 Å². The van der Waals surface area contributed by atoms with E-state index in [4.69, 9.17) is 5.73 Å². The normalized spacial score (nSPS) is 21.1. The lowest BCUT2D eigenvalue weighted by atomic mass is 10.1. The predicted molar refractivity (Wildman–Crippen MR) is 83.9 cm³/mol. The lowest BCUT2D eigenvalue weighted by Gasteiger charge is -2.18. The molecular formula is C15H20N4O2S. The molecule has 22 heavy (non-hydrogen) atoms. The molecule has 1 aromatic heterocycles. The molecule has 3 N–H and O–H groups in total. The van der Waals surface area contributed by atoms with Gasteiger partial charge in [-0.15, -0.1) is 0 Å². The Kier molecular flexibility index (Phi) is 3.58. The summed E-state index contributed by atoms with van der Waals surface area (Å²) in [6.45, 7) is 3.45. The number of aromatic nitrogens is 2. The Labute approximate surface area is 130 Å². The van der Waals surface area contributed by atoms with E-state index in [1.165, 1.54) is 0 Å². The SMILES string of the molecule is Cc1nn(C)c(C)c1S(=O)(=O)N[C@@H]1Cc2ccccc2[C@H]1N. The minimum absolute atomic E-state index is 0.248. The molecule has 3 rings (SSSR count). The zero-order valence-electron chi connectivity index (χ0n) is 12.9. The molecule has 2 atom stereocenters. The van der Waals surface area contributed by atoms with Crippen LogP contribution in [0, 0.1) is 13.8 Å². The van der Waals surface area contributed by atoms with E-state index in [-0.39, 0.29) is 17.0 Å². The highest BCUT2D eigenvalue weighted by atomic mass is 32.2. The number of hydrogen-bond donors (Lipinski definition) is 2. The summed E-state index contributed by atoms with van der Waals surface area (Å²) in [4.78, 5) is 0.248. The van der Waals surface area contributed by atoms with Crippen LogP contribution in [0.1, 0.15) is 28.6 Å². The zero-order valence-corrected chi connectivity index (χ0v) is 13.7. The molecule has 0 amide bonds. The van der Waals surface area contributed by atoms with E-state index in [1.807, 2.05) is 24.3 Å². The van der Waals surface area contributed by atoms with Gasteiger partial charge in [0.2, 0.25) is 10.0 Å². The average Bonchev–Trinajstić information content (AvgIpc) is 2.88. The molecule has 7 heteroatoms. The quantitative estimate of drug-likeness (QED) is 0.880. The van der Waals surface area contributed by atoms with Crippen molar-refractivity contribution in [3.05, 3.63) is 46.8 Å². The molecule has 0 saturated carbocycles. The first-order valence-corrected chi connectivity index (χ1v) is 8.65. The van der Waals surface area contributed by atoms with Crippen LogP contribution in [-0.4, -0.2) is 24.2 Å². The first-order valence-electron chi connectivity index (χ1n) is 7.17. The number of benzene rings is 1. The molecule has 0 aliphatic heterocycles. The fraction of sp³-hybridized carbons (Fsp3) is 0.400. The molecule has 1 heterocycles. The van der Waals surface area contributed by atoms with E-state index in [1.54, 1.807) is 25.6 Å². The molecule has 0 spiro atoms. The highest BCUT2D eigenvalue weighted by Crippen LogP contribution is 2.30. The molecule has 1 aliphatic carbocycles. The minimum atomic E-state index is -3.65. The van der Waals surface area contributed by atoms with Crippen molar-refractivity contribution in [1.29, 1.82) is 0 Å². The third-order valence-electron chi connectivity index (χ3n) is 4.31. The fourth-order valence-electron chi connectivity index (χ4n) is 3.14. The van der Waals surface area contributed by atoms with Gasteiger partial charge in [0.25, 0.3) is 0 Å². The Bertz CT molecular complexity index is 826. The summed E-state index contributed by atoms with van der Waals surface area (Å²) in [5.74, 6) is 0. The van der Waals surface area contributed by atoms with Crippen LogP contribution in [0.3, 0.4) is 0 Å². The smallest absolute Gasteiger partial charge is 0.244 e. The summed E-state index contributed by atoms with van der Waals surface area (Å²) >= 11 is 0. The average molecular weight is 320 g/mol. The van der Waals surface area contributed by atoms with Gasteiger partial charge in [-0.05, 0) is 31.4 Å². The second kappa shape index (κ2) is 5.19. The predicted octanol–water partition coefficient (Wildman–Crippen LogP) is 0.940. The third kappa shape index (κ3) is 2.35. The Morgan fingerprint density at radius 1 is 1.32 bits per heavy atom. The number of aryl methyl sites for hydroxylation is 2. The summed E-state index contributed by atoms with van der Waals surface area (Å²) in [6, 6.07) is 7.14. The molecule has 0 radical (unpaired) electrons. The lowest BCUT2D eigenvalue weighted by Crippen LogP contribution is -2.40. The van der Waals surface area contributed by atoms with Crippen LogP contribution in [0.4, 0.5) is 0 Å². The van der Waals surface area contributed by atoms with Crippen molar-refractivity contribution in [2.24, 2.45) is 12.8 Å². The molecule has 0 saturated heterocycles. The van der Waals surface area contributed by atoms with Crippen molar-refractivity contribution in [2.45, 2.75) is 37.2 Å². The third-order valence-corrected chi connectivity index (χ3v) is 6.05. The summed E-state index contributed by atoms with van der Waals surface area (Å²) < 4.78 is 29.8. The number of sulfonamides is 1. The van der Waals surface area contributed by atoms with Crippen molar-refractivity contribution < 1.29 is 8.42 Å². The Balaban J connectivity index is 1.91. The molecule has 0 bridgehead atoms. The highest BCUT2D eigenvalue weighted by Gasteiger charge is 2.34. The lowest BCUT2D eigenvalue weighted by molar-refractivity contribution is 0.514. The number of nitrogens with one attached hydrogen (secondary N) is 1. The van der Waals surface area contributed by atoms with Crippen molar-refractivity contribution >= 4 is 10.0 Å². The first-order chi connectivity index (χ1) is 10.3. The molecular weight excluding hydrogens is 300 g/mol. The molecule has 0 unspecified atom stereocenters. The molecule has 2 aromatic rings. The monoisotopic (exact) mass is 320 g/mol. The second-order valence-electron chi connectivity index (χ2n) is 5.78. The number of rotatable bonds is 3. The van der Waals surface area contributed by atoms with Crippen molar-refractivity contribution in [3.63, 3.8) is 0 Å². The van der Waals surface area contributed by atoms with Crippen LogP contribution in [0.2, 0.25) is 0 Å². The molecule has 118 valence electrons. The van der Waals surface area contributed by atoms with Crippen LogP contribution < -0.4 is 10.5 Å². The molecule has 1 aromatic carbocycles. The van der Waals surface area contributed by atoms with Crippen LogP contribution in [-0.2, 0) is 23.5 Å². The van der Waals surface area contributed by atoms with E-state index < -0.39 is 10.0 Å². The second-order valence-corrected chi connectivity index (χ2v) is 7.43. The van der Waals surface area contributed by atoms with E-state index in [2.05, 4.69) is 9.82 Å². The summed E-state index contributed by atoms with van der Waals surface area (Å²) in [6.07, 6.45) is 0.606. The molecule has 0 fully saturated rings. The van der Waals surface area contributed by atoms with Crippen molar-refractivity contribution in [1.82, 2.24) is 14.5 Å². The maximum absolute atomic E-state index is 12.7. The molecule has 1 aliphatic rings. The van der Waals surface area contributed by atoms with Gasteiger partial charge in [0, 0.05) is 19.1 Å². The van der Waals surface area contributed by atoms with Crippen molar-refractivity contribution in [3.8, 4) is 0 Å². The van der Waals surface area contributed by atoms with Crippen molar-refractivity contribution in [2.75, 3.05) is 0 Å². The Hall–Kier alpha value is -1.70. The Morgan fingerprint density at radius 2 is 2.00 bits per heavy atom. The van der Waals surface area contributed by atoms with Gasteiger partial charge in [-0.1, -0.05) is 24.3 Å². The summed E-state index contributed by atoms with van der Waals surface area (Å²) in [5, 5.41) is 4.18. The van der Waals surface area contributed by atoms with E-state index >= 15 is 0 Å². The van der Waals surface area contributed by atoms with Crippen LogP contribution in [0.25, 0.3) is 0 Å². The number of hydrogen-bond acceptors (Lipinski definition) is 4. The molecule has 6 nitrogen and oxygen atoms in total. The maximum atomic E-state index is 12.7.